The highest BCUT2D eigenvalue weighted by Crippen LogP contribution is 2.29. The molecule has 2 N–H and O–H groups in total. The maximum atomic E-state index is 12.9. The van der Waals surface area contributed by atoms with Crippen molar-refractivity contribution in [1.29, 1.82) is 0 Å². The SMILES string of the molecule is CC(O)Cc1c(-c2ccccc2)ncn1Cc1ccc2nc(C(F)(F)F)[nH]c2c1. The molecule has 5 nitrogen and oxygen atoms in total. The van der Waals surface area contributed by atoms with Gasteiger partial charge in [-0.3, -0.25) is 0 Å². The molecule has 2 heterocycles. The minimum atomic E-state index is -4.52. The monoisotopic (exact) mass is 400 g/mol. The first kappa shape index (κ1) is 19.2. The number of alkyl halides is 3. The second kappa shape index (κ2) is 7.36. The Hall–Kier alpha value is -3.13. The minimum Gasteiger partial charge on any atom is -0.393 e. The summed E-state index contributed by atoms with van der Waals surface area (Å²) in [5.74, 6) is -1.01. The lowest BCUT2D eigenvalue weighted by Gasteiger charge is -2.12. The summed E-state index contributed by atoms with van der Waals surface area (Å²) in [4.78, 5) is 10.5. The minimum absolute atomic E-state index is 0.265. The van der Waals surface area contributed by atoms with Gasteiger partial charge in [-0.05, 0) is 24.6 Å². The van der Waals surface area contributed by atoms with Gasteiger partial charge in [0.15, 0.2) is 0 Å². The van der Waals surface area contributed by atoms with E-state index in [-0.39, 0.29) is 5.52 Å². The highest BCUT2D eigenvalue weighted by atomic mass is 19.4. The Balaban J connectivity index is 1.69. The standard InChI is InChI=1S/C21H19F3N4O/c1-13(29)9-18-19(15-5-3-2-4-6-15)25-12-28(18)11-14-7-8-16-17(10-14)27-20(26-16)21(22,23)24/h2-8,10,12-13,29H,9,11H2,1H3,(H,26,27). The Kier molecular flexibility index (Phi) is 4.87. The average Bonchev–Trinajstić information content (AvgIpc) is 3.26. The first-order chi connectivity index (χ1) is 13.8. The van der Waals surface area contributed by atoms with Gasteiger partial charge in [-0.15, -0.1) is 0 Å². The Morgan fingerprint density at radius 1 is 1.14 bits per heavy atom. The van der Waals surface area contributed by atoms with Gasteiger partial charge in [0.2, 0.25) is 5.82 Å². The third-order valence-corrected chi connectivity index (χ3v) is 4.65. The summed E-state index contributed by atoms with van der Waals surface area (Å²) in [5.41, 5.74) is 4.00. The molecule has 0 aliphatic carbocycles. The van der Waals surface area contributed by atoms with Crippen LogP contribution in [-0.4, -0.2) is 30.7 Å². The van der Waals surface area contributed by atoms with E-state index in [9.17, 15) is 18.3 Å². The molecule has 2 aromatic heterocycles. The number of aliphatic hydroxyl groups is 1. The van der Waals surface area contributed by atoms with Gasteiger partial charge in [0.1, 0.15) is 0 Å². The van der Waals surface area contributed by atoms with Gasteiger partial charge < -0.3 is 14.7 Å². The fraction of sp³-hybridized carbons (Fsp3) is 0.238. The smallest absolute Gasteiger partial charge is 0.393 e. The second-order valence-electron chi connectivity index (χ2n) is 7.02. The van der Waals surface area contributed by atoms with Gasteiger partial charge in [-0.1, -0.05) is 36.4 Å². The Morgan fingerprint density at radius 2 is 1.90 bits per heavy atom. The van der Waals surface area contributed by atoms with Gasteiger partial charge in [-0.25, -0.2) is 9.97 Å². The lowest BCUT2D eigenvalue weighted by molar-refractivity contribution is -0.144. The van der Waals surface area contributed by atoms with Crippen LogP contribution in [0.2, 0.25) is 0 Å². The molecule has 0 aliphatic heterocycles. The maximum Gasteiger partial charge on any atom is 0.449 e. The molecule has 0 amide bonds. The third-order valence-electron chi connectivity index (χ3n) is 4.65. The van der Waals surface area contributed by atoms with Crippen molar-refractivity contribution in [3.8, 4) is 11.3 Å². The molecule has 0 spiro atoms. The van der Waals surface area contributed by atoms with Gasteiger partial charge in [0.05, 0.1) is 29.2 Å². The number of fused-ring (bicyclic) bond motifs is 1. The van der Waals surface area contributed by atoms with Crippen molar-refractivity contribution in [1.82, 2.24) is 19.5 Å². The number of hydrogen-bond acceptors (Lipinski definition) is 3. The molecule has 2 aromatic carbocycles. The summed E-state index contributed by atoms with van der Waals surface area (Å²) < 4.78 is 40.6. The summed E-state index contributed by atoms with van der Waals surface area (Å²) in [6, 6.07) is 14.6. The predicted octanol–water partition coefficient (Wildman–Crippen LogP) is 4.42. The van der Waals surface area contributed by atoms with Crippen molar-refractivity contribution in [2.45, 2.75) is 32.2 Å². The molecular formula is C21H19F3N4O. The summed E-state index contributed by atoms with van der Waals surface area (Å²) in [6.07, 6.45) is -2.97. The van der Waals surface area contributed by atoms with Crippen molar-refractivity contribution >= 4 is 11.0 Å². The molecule has 0 saturated heterocycles. The molecule has 0 fully saturated rings. The number of H-pyrrole nitrogens is 1. The highest BCUT2D eigenvalue weighted by Gasteiger charge is 2.34. The Bertz CT molecular complexity index is 1130. The fourth-order valence-electron chi connectivity index (χ4n) is 3.36. The van der Waals surface area contributed by atoms with Gasteiger partial charge in [-0.2, -0.15) is 13.2 Å². The highest BCUT2D eigenvalue weighted by molar-refractivity contribution is 5.76. The number of imidazole rings is 2. The third kappa shape index (κ3) is 4.02. The summed E-state index contributed by atoms with van der Waals surface area (Å²) in [5, 5.41) is 9.95. The van der Waals surface area contributed by atoms with E-state index < -0.39 is 18.1 Å². The number of nitrogens with zero attached hydrogens (tertiary/aromatic N) is 3. The molecule has 8 heteroatoms. The lowest BCUT2D eigenvalue weighted by atomic mass is 10.1. The molecule has 4 aromatic rings. The number of halogens is 3. The maximum absolute atomic E-state index is 12.9. The molecule has 0 saturated carbocycles. The zero-order chi connectivity index (χ0) is 20.6. The van der Waals surface area contributed by atoms with Crippen molar-refractivity contribution in [3.63, 3.8) is 0 Å². The van der Waals surface area contributed by atoms with Crippen LogP contribution in [0.5, 0.6) is 0 Å². The number of aromatic amines is 1. The molecule has 1 unspecified atom stereocenters. The molecular weight excluding hydrogens is 381 g/mol. The van der Waals surface area contributed by atoms with E-state index in [4.69, 9.17) is 0 Å². The van der Waals surface area contributed by atoms with Crippen LogP contribution in [0.4, 0.5) is 13.2 Å². The molecule has 0 aliphatic rings. The summed E-state index contributed by atoms with van der Waals surface area (Å²) in [7, 11) is 0. The van der Waals surface area contributed by atoms with Crippen molar-refractivity contribution in [2.24, 2.45) is 0 Å². The average molecular weight is 400 g/mol. The summed E-state index contributed by atoms with van der Waals surface area (Å²) in [6.45, 7) is 2.12. The predicted molar refractivity (Wildman–Crippen MR) is 103 cm³/mol. The Labute approximate surface area is 164 Å². The van der Waals surface area contributed by atoms with E-state index in [2.05, 4.69) is 15.0 Å². The van der Waals surface area contributed by atoms with Crippen LogP contribution in [0.15, 0.2) is 54.9 Å². The van der Waals surface area contributed by atoms with E-state index in [1.54, 1.807) is 31.5 Å². The van der Waals surface area contributed by atoms with Crippen LogP contribution in [0.1, 0.15) is 24.0 Å². The lowest BCUT2D eigenvalue weighted by Crippen LogP contribution is -2.11. The van der Waals surface area contributed by atoms with Crippen LogP contribution >= 0.6 is 0 Å². The molecule has 1 atom stereocenters. The first-order valence-electron chi connectivity index (χ1n) is 9.14. The molecule has 29 heavy (non-hydrogen) atoms. The van der Waals surface area contributed by atoms with Gasteiger partial charge in [0, 0.05) is 24.2 Å². The topological polar surface area (TPSA) is 66.7 Å². The number of aliphatic hydroxyl groups excluding tert-OH is 1. The van der Waals surface area contributed by atoms with E-state index in [0.29, 0.717) is 18.5 Å². The van der Waals surface area contributed by atoms with Crippen LogP contribution in [0.3, 0.4) is 0 Å². The number of rotatable bonds is 5. The fourth-order valence-corrected chi connectivity index (χ4v) is 3.36. The molecule has 0 bridgehead atoms. The molecule has 0 radical (unpaired) electrons. The van der Waals surface area contributed by atoms with Crippen molar-refractivity contribution in [2.75, 3.05) is 0 Å². The van der Waals surface area contributed by atoms with E-state index in [1.807, 2.05) is 34.9 Å². The zero-order valence-electron chi connectivity index (χ0n) is 15.6. The first-order valence-corrected chi connectivity index (χ1v) is 9.14. The molecule has 150 valence electrons. The quantitative estimate of drug-likeness (QED) is 0.521. The van der Waals surface area contributed by atoms with Crippen LogP contribution in [0.25, 0.3) is 22.3 Å². The van der Waals surface area contributed by atoms with Gasteiger partial charge >= 0.3 is 6.18 Å². The largest absolute Gasteiger partial charge is 0.449 e. The Morgan fingerprint density at radius 3 is 2.59 bits per heavy atom. The number of nitrogens with one attached hydrogen (secondary N) is 1. The van der Waals surface area contributed by atoms with Crippen LogP contribution in [0, 0.1) is 0 Å². The normalized spacial score (nSPS) is 13.1. The van der Waals surface area contributed by atoms with Gasteiger partial charge in [0.25, 0.3) is 0 Å². The van der Waals surface area contributed by atoms with Crippen LogP contribution in [-0.2, 0) is 19.1 Å². The number of hydrogen-bond donors (Lipinski definition) is 2. The van der Waals surface area contributed by atoms with E-state index >= 15 is 0 Å². The second-order valence-corrected chi connectivity index (χ2v) is 7.02. The van der Waals surface area contributed by atoms with E-state index in [0.717, 1.165) is 22.5 Å². The van der Waals surface area contributed by atoms with E-state index in [1.165, 1.54) is 0 Å². The number of aromatic nitrogens is 4. The molecule has 4 rings (SSSR count). The van der Waals surface area contributed by atoms with Crippen molar-refractivity contribution < 1.29 is 18.3 Å². The zero-order valence-corrected chi connectivity index (χ0v) is 15.6. The van der Waals surface area contributed by atoms with Crippen molar-refractivity contribution in [3.05, 3.63) is 71.9 Å². The number of benzene rings is 2. The van der Waals surface area contributed by atoms with Crippen LogP contribution < -0.4 is 0 Å². The summed E-state index contributed by atoms with van der Waals surface area (Å²) >= 11 is 0.